The Morgan fingerprint density at radius 2 is 2.29 bits per heavy atom. The molecule has 0 radical (unpaired) electrons. The monoisotopic (exact) mass is 327 g/mol. The molecule has 3 heterocycles. The van der Waals surface area contributed by atoms with Crippen LogP contribution in [-0.2, 0) is 7.05 Å². The molecule has 1 amide bonds. The molecule has 5 nitrogen and oxygen atoms in total. The van der Waals surface area contributed by atoms with Gasteiger partial charge in [-0.1, -0.05) is 0 Å². The first-order valence-electron chi connectivity index (χ1n) is 8.06. The number of fused-ring (bicyclic) bond motifs is 1. The summed E-state index contributed by atoms with van der Waals surface area (Å²) in [6.45, 7) is 1.29. The molecule has 1 unspecified atom stereocenters. The second kappa shape index (κ2) is 5.78. The molecular weight excluding hydrogens is 309 g/mol. The third-order valence-electron chi connectivity index (χ3n) is 4.65. The van der Waals surface area contributed by atoms with E-state index in [1.54, 1.807) is 15.6 Å². The van der Waals surface area contributed by atoms with E-state index < -0.39 is 5.82 Å². The van der Waals surface area contributed by atoms with Crippen molar-refractivity contribution in [2.45, 2.75) is 18.8 Å². The molecular formula is C18H18FN3O2. The number of rotatable bonds is 2. The molecule has 0 spiro atoms. The molecule has 0 saturated carbocycles. The van der Waals surface area contributed by atoms with Crippen LogP contribution in [0.2, 0.25) is 0 Å². The Morgan fingerprint density at radius 3 is 3.08 bits per heavy atom. The number of benzene rings is 1. The summed E-state index contributed by atoms with van der Waals surface area (Å²) in [5.41, 5.74) is 1.88. The maximum absolute atomic E-state index is 13.8. The van der Waals surface area contributed by atoms with Crippen molar-refractivity contribution in [3.8, 4) is 0 Å². The largest absolute Gasteiger partial charge is 0.464 e. The summed E-state index contributed by atoms with van der Waals surface area (Å²) in [7, 11) is 1.88. The van der Waals surface area contributed by atoms with Gasteiger partial charge in [-0.2, -0.15) is 5.10 Å². The smallest absolute Gasteiger partial charge is 0.257 e. The molecule has 1 aliphatic heterocycles. The lowest BCUT2D eigenvalue weighted by molar-refractivity contribution is 0.0707. The van der Waals surface area contributed by atoms with Crippen molar-refractivity contribution in [1.29, 1.82) is 0 Å². The van der Waals surface area contributed by atoms with Gasteiger partial charge in [0.25, 0.3) is 5.91 Å². The van der Waals surface area contributed by atoms with Crippen LogP contribution in [0.4, 0.5) is 4.39 Å². The molecule has 1 aliphatic rings. The number of hydrogen-bond donors (Lipinski definition) is 0. The van der Waals surface area contributed by atoms with E-state index in [0.717, 1.165) is 18.4 Å². The first-order chi connectivity index (χ1) is 11.6. The zero-order valence-electron chi connectivity index (χ0n) is 13.4. The average Bonchev–Trinajstić information content (AvgIpc) is 3.22. The van der Waals surface area contributed by atoms with Crippen LogP contribution in [0.25, 0.3) is 11.0 Å². The Kier molecular flexibility index (Phi) is 3.59. The molecule has 6 heteroatoms. The van der Waals surface area contributed by atoms with Crippen molar-refractivity contribution in [2.24, 2.45) is 7.05 Å². The second-order valence-corrected chi connectivity index (χ2v) is 6.33. The summed E-state index contributed by atoms with van der Waals surface area (Å²) in [6.07, 6.45) is 7.27. The molecule has 2 aromatic heterocycles. The number of nitrogens with zero attached hydrogens (tertiary/aromatic N) is 3. The van der Waals surface area contributed by atoms with Gasteiger partial charge in [0.1, 0.15) is 11.4 Å². The lowest BCUT2D eigenvalue weighted by Gasteiger charge is -2.32. The zero-order chi connectivity index (χ0) is 16.7. The minimum absolute atomic E-state index is 0.178. The van der Waals surface area contributed by atoms with Crippen molar-refractivity contribution < 1.29 is 13.6 Å². The summed E-state index contributed by atoms with van der Waals surface area (Å²) < 4.78 is 21.0. The van der Waals surface area contributed by atoms with Gasteiger partial charge in [0, 0.05) is 37.6 Å². The summed E-state index contributed by atoms with van der Waals surface area (Å²) >= 11 is 0. The third-order valence-corrected chi connectivity index (χ3v) is 4.65. The number of piperidine rings is 1. The van der Waals surface area contributed by atoms with Crippen molar-refractivity contribution in [2.75, 3.05) is 13.1 Å². The molecule has 0 N–H and O–H groups in total. The summed E-state index contributed by atoms with van der Waals surface area (Å²) in [4.78, 5) is 14.7. The van der Waals surface area contributed by atoms with Crippen LogP contribution in [0.5, 0.6) is 0 Å². The molecule has 124 valence electrons. The minimum Gasteiger partial charge on any atom is -0.464 e. The standard InChI is InChI=1S/C18H18FN3O2/c1-21-10-14(9-20-21)13-3-2-5-22(11-13)18(23)16-8-15(19)7-12-4-6-24-17(12)16/h4,6-10,13H,2-3,5,11H2,1H3. The number of carbonyl (C=O) groups excluding carboxylic acids is 1. The van der Waals surface area contributed by atoms with Crippen LogP contribution < -0.4 is 0 Å². The Morgan fingerprint density at radius 1 is 1.42 bits per heavy atom. The number of likely N-dealkylation sites (tertiary alicyclic amines) is 1. The highest BCUT2D eigenvalue weighted by atomic mass is 19.1. The van der Waals surface area contributed by atoms with Crippen molar-refractivity contribution >= 4 is 16.9 Å². The van der Waals surface area contributed by atoms with E-state index in [4.69, 9.17) is 4.42 Å². The molecule has 1 saturated heterocycles. The van der Waals surface area contributed by atoms with Gasteiger partial charge in [-0.15, -0.1) is 0 Å². The van der Waals surface area contributed by atoms with Gasteiger partial charge in [-0.25, -0.2) is 4.39 Å². The summed E-state index contributed by atoms with van der Waals surface area (Å²) in [5.74, 6) is -0.340. The Labute approximate surface area is 138 Å². The molecule has 0 aliphatic carbocycles. The predicted molar refractivity (Wildman–Crippen MR) is 87.3 cm³/mol. The van der Waals surface area contributed by atoms with Crippen molar-refractivity contribution in [1.82, 2.24) is 14.7 Å². The average molecular weight is 327 g/mol. The first kappa shape index (κ1) is 14.9. The number of halogens is 1. The SMILES string of the molecule is Cn1cc(C2CCCN(C(=O)c3cc(F)cc4ccoc34)C2)cn1. The van der Waals surface area contributed by atoms with Gasteiger partial charge >= 0.3 is 0 Å². The van der Waals surface area contributed by atoms with Gasteiger partial charge in [-0.05, 0) is 36.6 Å². The molecule has 4 rings (SSSR count). The fraction of sp³-hybridized carbons (Fsp3) is 0.333. The van der Waals surface area contributed by atoms with Crippen LogP contribution in [0.15, 0.2) is 41.3 Å². The first-order valence-corrected chi connectivity index (χ1v) is 8.06. The highest BCUT2D eigenvalue weighted by Crippen LogP contribution is 2.29. The van der Waals surface area contributed by atoms with E-state index in [9.17, 15) is 9.18 Å². The zero-order valence-corrected chi connectivity index (χ0v) is 13.4. The molecule has 3 aromatic rings. The fourth-order valence-corrected chi connectivity index (χ4v) is 3.46. The van der Waals surface area contributed by atoms with E-state index in [1.807, 2.05) is 19.4 Å². The Bertz CT molecular complexity index is 899. The number of hydrogen-bond acceptors (Lipinski definition) is 3. The van der Waals surface area contributed by atoms with E-state index in [-0.39, 0.29) is 11.8 Å². The van der Waals surface area contributed by atoms with E-state index in [1.165, 1.54) is 18.4 Å². The van der Waals surface area contributed by atoms with Crippen LogP contribution in [0.1, 0.15) is 34.7 Å². The molecule has 1 fully saturated rings. The molecule has 0 bridgehead atoms. The predicted octanol–water partition coefficient (Wildman–Crippen LogP) is 3.33. The Hall–Kier alpha value is -2.63. The van der Waals surface area contributed by atoms with Crippen LogP contribution in [0, 0.1) is 5.82 Å². The second-order valence-electron chi connectivity index (χ2n) is 6.33. The van der Waals surface area contributed by atoms with Gasteiger partial charge in [0.2, 0.25) is 0 Å². The highest BCUT2D eigenvalue weighted by molar-refractivity contribution is 6.05. The Balaban J connectivity index is 1.62. The highest BCUT2D eigenvalue weighted by Gasteiger charge is 2.28. The third kappa shape index (κ3) is 2.58. The number of carbonyl (C=O) groups is 1. The van der Waals surface area contributed by atoms with E-state index in [2.05, 4.69) is 5.10 Å². The van der Waals surface area contributed by atoms with Gasteiger partial charge in [0.15, 0.2) is 0 Å². The lowest BCUT2D eigenvalue weighted by atomic mass is 9.92. The van der Waals surface area contributed by atoms with Crippen LogP contribution in [0.3, 0.4) is 0 Å². The molecule has 24 heavy (non-hydrogen) atoms. The molecule has 1 aromatic carbocycles. The fourth-order valence-electron chi connectivity index (χ4n) is 3.46. The topological polar surface area (TPSA) is 51.3 Å². The van der Waals surface area contributed by atoms with Crippen molar-refractivity contribution in [3.05, 3.63) is 53.8 Å². The van der Waals surface area contributed by atoms with Gasteiger partial charge in [-0.3, -0.25) is 9.48 Å². The van der Waals surface area contributed by atoms with Crippen LogP contribution in [-0.4, -0.2) is 33.7 Å². The van der Waals surface area contributed by atoms with Gasteiger partial charge in [0.05, 0.1) is 18.0 Å². The van der Waals surface area contributed by atoms with Gasteiger partial charge < -0.3 is 9.32 Å². The number of amides is 1. The summed E-state index contributed by atoms with van der Waals surface area (Å²) in [6, 6.07) is 4.32. The minimum atomic E-state index is -0.423. The lowest BCUT2D eigenvalue weighted by Crippen LogP contribution is -2.39. The maximum Gasteiger partial charge on any atom is 0.257 e. The number of furan rings is 1. The van der Waals surface area contributed by atoms with Crippen LogP contribution >= 0.6 is 0 Å². The molecule has 1 atom stereocenters. The maximum atomic E-state index is 13.8. The van der Waals surface area contributed by atoms with E-state index in [0.29, 0.717) is 29.6 Å². The summed E-state index contributed by atoms with van der Waals surface area (Å²) in [5, 5.41) is 4.82. The normalized spacial score (nSPS) is 18.2. The number of aryl methyl sites for hydroxylation is 1. The quantitative estimate of drug-likeness (QED) is 0.725. The van der Waals surface area contributed by atoms with E-state index >= 15 is 0 Å². The number of aromatic nitrogens is 2. The van der Waals surface area contributed by atoms with Crippen molar-refractivity contribution in [3.63, 3.8) is 0 Å².